The number of aliphatic imine (C=N–C) groups is 1. The highest BCUT2D eigenvalue weighted by Gasteiger charge is 2.13. The van der Waals surface area contributed by atoms with Crippen LogP contribution in [-0.4, -0.2) is 47.6 Å². The molecule has 0 aliphatic heterocycles. The van der Waals surface area contributed by atoms with Crippen molar-refractivity contribution in [2.75, 3.05) is 20.1 Å². The zero-order chi connectivity index (χ0) is 17.6. The first-order valence-electron chi connectivity index (χ1n) is 7.97. The number of aromatic nitrogens is 1. The summed E-state index contributed by atoms with van der Waals surface area (Å²) in [5.41, 5.74) is 1.01. The maximum Gasteiger partial charge on any atom is 0.191 e. The van der Waals surface area contributed by atoms with E-state index >= 15 is 0 Å². The van der Waals surface area contributed by atoms with Gasteiger partial charge in [0.1, 0.15) is 5.15 Å². The fraction of sp³-hybridized carbons (Fsp3) is 0.688. The van der Waals surface area contributed by atoms with Gasteiger partial charge in [-0.1, -0.05) is 23.2 Å². The minimum absolute atomic E-state index is 0.527. The van der Waals surface area contributed by atoms with Crippen molar-refractivity contribution in [2.24, 2.45) is 12.0 Å². The lowest BCUT2D eigenvalue weighted by Gasteiger charge is -2.30. The highest BCUT2D eigenvalue weighted by molar-refractivity contribution is 6.41. The topological polar surface area (TPSA) is 44.6 Å². The molecule has 2 N–H and O–H groups in total. The molecule has 0 unspecified atom stereocenters. The summed E-state index contributed by atoms with van der Waals surface area (Å²) in [5, 5.41) is 7.74. The third kappa shape index (κ3) is 5.90. The standard InChI is InChI=1S/C16H29Cl2N5/c1-11(2)23(12(3)4)8-7-20-16(19-5)21-10-13-9-14(17)15(18)22(13)6/h9,11-12H,7-8,10H2,1-6H3,(H2,19,20,21). The summed E-state index contributed by atoms with van der Waals surface area (Å²) in [5.74, 6) is 0.769. The Morgan fingerprint density at radius 2 is 1.83 bits per heavy atom. The maximum atomic E-state index is 6.08. The van der Waals surface area contributed by atoms with Gasteiger partial charge in [0.05, 0.1) is 11.6 Å². The number of hydrogen-bond donors (Lipinski definition) is 2. The molecule has 0 saturated heterocycles. The molecule has 0 aromatic carbocycles. The quantitative estimate of drug-likeness (QED) is 0.579. The van der Waals surface area contributed by atoms with Gasteiger partial charge in [0.15, 0.2) is 5.96 Å². The SMILES string of the molecule is CN=C(NCCN(C(C)C)C(C)C)NCc1cc(Cl)c(Cl)n1C. The van der Waals surface area contributed by atoms with E-state index in [1.165, 1.54) is 0 Å². The van der Waals surface area contributed by atoms with Gasteiger partial charge in [0, 0.05) is 45.0 Å². The van der Waals surface area contributed by atoms with Crippen LogP contribution in [0.1, 0.15) is 33.4 Å². The average molecular weight is 362 g/mol. The predicted molar refractivity (Wildman–Crippen MR) is 101 cm³/mol. The van der Waals surface area contributed by atoms with Crippen molar-refractivity contribution >= 4 is 29.2 Å². The van der Waals surface area contributed by atoms with Crippen molar-refractivity contribution < 1.29 is 0 Å². The van der Waals surface area contributed by atoms with Crippen LogP contribution in [0.5, 0.6) is 0 Å². The van der Waals surface area contributed by atoms with Gasteiger partial charge in [-0.3, -0.25) is 9.89 Å². The molecule has 0 saturated carbocycles. The second-order valence-electron chi connectivity index (χ2n) is 6.11. The fourth-order valence-corrected chi connectivity index (χ4v) is 2.99. The number of rotatable bonds is 7. The van der Waals surface area contributed by atoms with Crippen LogP contribution in [0.3, 0.4) is 0 Å². The maximum absolute atomic E-state index is 6.08. The monoisotopic (exact) mass is 361 g/mol. The third-order valence-electron chi connectivity index (χ3n) is 3.87. The smallest absolute Gasteiger partial charge is 0.191 e. The Hall–Kier alpha value is -0.910. The van der Waals surface area contributed by atoms with Gasteiger partial charge in [-0.25, -0.2) is 0 Å². The normalized spacial score (nSPS) is 12.6. The molecular formula is C16H29Cl2N5. The van der Waals surface area contributed by atoms with Crippen LogP contribution in [0.2, 0.25) is 10.2 Å². The Labute approximate surface area is 150 Å². The summed E-state index contributed by atoms with van der Waals surface area (Å²) in [4.78, 5) is 6.69. The molecule has 0 fully saturated rings. The fourth-order valence-electron chi connectivity index (χ4n) is 2.57. The molecule has 1 aromatic heterocycles. The van der Waals surface area contributed by atoms with E-state index < -0.39 is 0 Å². The number of halogens is 2. The van der Waals surface area contributed by atoms with Crippen molar-refractivity contribution in [3.63, 3.8) is 0 Å². The van der Waals surface area contributed by atoms with Crippen molar-refractivity contribution in [3.05, 3.63) is 21.9 Å². The van der Waals surface area contributed by atoms with Crippen molar-refractivity contribution in [1.29, 1.82) is 0 Å². The molecule has 0 spiro atoms. The van der Waals surface area contributed by atoms with Gasteiger partial charge in [-0.05, 0) is 33.8 Å². The Bertz CT molecular complexity index is 515. The zero-order valence-electron chi connectivity index (χ0n) is 15.0. The Morgan fingerprint density at radius 1 is 1.22 bits per heavy atom. The van der Waals surface area contributed by atoms with Crippen LogP contribution in [0.15, 0.2) is 11.1 Å². The first-order valence-corrected chi connectivity index (χ1v) is 8.73. The van der Waals surface area contributed by atoms with Gasteiger partial charge >= 0.3 is 0 Å². The molecule has 1 aromatic rings. The third-order valence-corrected chi connectivity index (χ3v) is 4.71. The summed E-state index contributed by atoms with van der Waals surface area (Å²) in [6.45, 7) is 11.3. The van der Waals surface area contributed by atoms with E-state index in [0.717, 1.165) is 24.7 Å². The molecule has 7 heteroatoms. The average Bonchev–Trinajstić information content (AvgIpc) is 2.73. The minimum Gasteiger partial charge on any atom is -0.355 e. The summed E-state index contributed by atoms with van der Waals surface area (Å²) in [6.07, 6.45) is 0. The molecule has 0 aliphatic rings. The van der Waals surface area contributed by atoms with Crippen LogP contribution < -0.4 is 10.6 Å². The molecule has 0 bridgehead atoms. The number of nitrogens with zero attached hydrogens (tertiary/aromatic N) is 3. The van der Waals surface area contributed by atoms with Crippen molar-refractivity contribution in [1.82, 2.24) is 20.1 Å². The highest BCUT2D eigenvalue weighted by atomic mass is 35.5. The van der Waals surface area contributed by atoms with Crippen LogP contribution in [-0.2, 0) is 13.6 Å². The number of nitrogens with one attached hydrogen (secondary N) is 2. The highest BCUT2D eigenvalue weighted by Crippen LogP contribution is 2.24. The lowest BCUT2D eigenvalue weighted by atomic mass is 10.2. The van der Waals surface area contributed by atoms with E-state index in [0.29, 0.717) is 28.8 Å². The number of guanidine groups is 1. The van der Waals surface area contributed by atoms with Crippen molar-refractivity contribution in [2.45, 2.75) is 46.3 Å². The van der Waals surface area contributed by atoms with E-state index in [-0.39, 0.29) is 0 Å². The second kappa shape index (κ2) is 9.40. The molecule has 1 heterocycles. The lowest BCUT2D eigenvalue weighted by Crippen LogP contribution is -2.45. The van der Waals surface area contributed by atoms with Crippen molar-refractivity contribution in [3.8, 4) is 0 Å². The van der Waals surface area contributed by atoms with Gasteiger partial charge in [0.2, 0.25) is 0 Å². The van der Waals surface area contributed by atoms with E-state index in [4.69, 9.17) is 23.2 Å². The largest absolute Gasteiger partial charge is 0.355 e. The molecule has 0 amide bonds. The molecule has 5 nitrogen and oxygen atoms in total. The van der Waals surface area contributed by atoms with Gasteiger partial charge in [-0.2, -0.15) is 0 Å². The summed E-state index contributed by atoms with van der Waals surface area (Å²) >= 11 is 12.1. The number of hydrogen-bond acceptors (Lipinski definition) is 2. The molecule has 0 aliphatic carbocycles. The summed E-state index contributed by atoms with van der Waals surface area (Å²) in [7, 11) is 3.66. The van der Waals surface area contributed by atoms with E-state index in [1.807, 2.05) is 17.7 Å². The van der Waals surface area contributed by atoms with Gasteiger partial charge in [-0.15, -0.1) is 0 Å². The Kier molecular flexibility index (Phi) is 8.23. The van der Waals surface area contributed by atoms with Crippen LogP contribution in [0.25, 0.3) is 0 Å². The van der Waals surface area contributed by atoms with E-state index in [2.05, 4.69) is 48.2 Å². The molecule has 132 valence electrons. The lowest BCUT2D eigenvalue weighted by molar-refractivity contribution is 0.178. The molecule has 0 atom stereocenters. The first-order chi connectivity index (χ1) is 10.8. The second-order valence-corrected chi connectivity index (χ2v) is 6.88. The zero-order valence-corrected chi connectivity index (χ0v) is 16.5. The van der Waals surface area contributed by atoms with Crippen LogP contribution >= 0.6 is 23.2 Å². The predicted octanol–water partition coefficient (Wildman–Crippen LogP) is 3.12. The van der Waals surface area contributed by atoms with E-state index in [9.17, 15) is 0 Å². The molecular weight excluding hydrogens is 333 g/mol. The minimum atomic E-state index is 0.527. The summed E-state index contributed by atoms with van der Waals surface area (Å²) in [6, 6.07) is 2.92. The molecule has 23 heavy (non-hydrogen) atoms. The van der Waals surface area contributed by atoms with Gasteiger partial charge in [0.25, 0.3) is 0 Å². The van der Waals surface area contributed by atoms with Crippen LogP contribution in [0.4, 0.5) is 0 Å². The Balaban J connectivity index is 2.48. The Morgan fingerprint density at radius 3 is 2.26 bits per heavy atom. The first kappa shape index (κ1) is 20.1. The van der Waals surface area contributed by atoms with Gasteiger partial charge < -0.3 is 15.2 Å². The molecule has 1 rings (SSSR count). The van der Waals surface area contributed by atoms with Crippen LogP contribution in [0, 0.1) is 0 Å². The summed E-state index contributed by atoms with van der Waals surface area (Å²) < 4.78 is 1.86. The van der Waals surface area contributed by atoms with E-state index in [1.54, 1.807) is 7.05 Å². The molecule has 0 radical (unpaired) electrons.